The molecule has 0 aliphatic carbocycles. The number of nitrogens with zero attached hydrogens (tertiary/aromatic N) is 2. The summed E-state index contributed by atoms with van der Waals surface area (Å²) in [5.41, 5.74) is 0.957. The minimum absolute atomic E-state index is 0.0565. The van der Waals surface area contributed by atoms with Gasteiger partial charge in [-0.15, -0.1) is 0 Å². The topological polar surface area (TPSA) is 81.2 Å². The van der Waals surface area contributed by atoms with E-state index in [2.05, 4.69) is 15.3 Å². The zero-order chi connectivity index (χ0) is 15.9. The number of hydrogen-bond donors (Lipinski definition) is 1. The first-order valence-electron chi connectivity index (χ1n) is 6.54. The number of carbonyl (C=O) groups is 2. The van der Waals surface area contributed by atoms with Crippen LogP contribution in [0.25, 0.3) is 0 Å². The Morgan fingerprint density at radius 2 is 2.00 bits per heavy atom. The van der Waals surface area contributed by atoms with Crippen LogP contribution in [0.1, 0.15) is 29.0 Å². The Labute approximate surface area is 132 Å². The lowest BCUT2D eigenvalue weighted by molar-refractivity contribution is -0.124. The SMILES string of the molecule is C[C@H](NC(=O)COC(=O)c1cnccn1)c1ccc(Cl)cc1. The molecule has 7 heteroatoms. The van der Waals surface area contributed by atoms with Gasteiger partial charge in [-0.05, 0) is 24.6 Å². The van der Waals surface area contributed by atoms with E-state index in [-0.39, 0.29) is 18.3 Å². The number of aromatic nitrogens is 2. The molecule has 2 rings (SSSR count). The molecule has 0 saturated heterocycles. The first kappa shape index (κ1) is 15.9. The molecule has 2 aromatic rings. The molecule has 1 N–H and O–H groups in total. The first-order chi connectivity index (χ1) is 10.6. The number of benzene rings is 1. The average molecular weight is 320 g/mol. The summed E-state index contributed by atoms with van der Waals surface area (Å²) in [5, 5.41) is 3.35. The van der Waals surface area contributed by atoms with E-state index in [0.717, 1.165) is 5.56 Å². The van der Waals surface area contributed by atoms with Crippen LogP contribution in [0, 0.1) is 0 Å². The van der Waals surface area contributed by atoms with Crippen molar-refractivity contribution >= 4 is 23.5 Å². The summed E-state index contributed by atoms with van der Waals surface area (Å²) in [6.45, 7) is 1.44. The van der Waals surface area contributed by atoms with Crippen LogP contribution in [0.4, 0.5) is 0 Å². The van der Waals surface area contributed by atoms with Gasteiger partial charge in [-0.2, -0.15) is 0 Å². The van der Waals surface area contributed by atoms with E-state index in [1.807, 2.05) is 19.1 Å². The van der Waals surface area contributed by atoms with Crippen LogP contribution in [-0.4, -0.2) is 28.5 Å². The van der Waals surface area contributed by atoms with Crippen LogP contribution in [0.15, 0.2) is 42.9 Å². The molecule has 0 unspecified atom stereocenters. The van der Waals surface area contributed by atoms with Gasteiger partial charge in [0.2, 0.25) is 0 Å². The molecule has 0 bridgehead atoms. The second kappa shape index (κ2) is 7.51. The normalized spacial score (nSPS) is 11.5. The monoisotopic (exact) mass is 319 g/mol. The standard InChI is InChI=1S/C15H14ClN3O3/c1-10(11-2-4-12(16)5-3-11)19-14(20)9-22-15(21)13-8-17-6-7-18-13/h2-8,10H,9H2,1H3,(H,19,20)/t10-/m0/s1. The summed E-state index contributed by atoms with van der Waals surface area (Å²) in [4.78, 5) is 30.9. The number of nitrogens with one attached hydrogen (secondary N) is 1. The van der Waals surface area contributed by atoms with Gasteiger partial charge in [0, 0.05) is 17.4 Å². The zero-order valence-electron chi connectivity index (χ0n) is 11.8. The molecule has 6 nitrogen and oxygen atoms in total. The molecule has 1 amide bonds. The second-order valence-corrected chi connectivity index (χ2v) is 4.94. The van der Waals surface area contributed by atoms with Gasteiger partial charge in [0.15, 0.2) is 12.3 Å². The van der Waals surface area contributed by atoms with Gasteiger partial charge in [-0.25, -0.2) is 9.78 Å². The predicted molar refractivity (Wildman–Crippen MR) is 80.3 cm³/mol. The fraction of sp³-hybridized carbons (Fsp3) is 0.200. The summed E-state index contributed by atoms with van der Waals surface area (Å²) in [7, 11) is 0. The number of esters is 1. The molecule has 0 spiro atoms. The van der Waals surface area contributed by atoms with Crippen molar-refractivity contribution in [3.05, 3.63) is 59.1 Å². The van der Waals surface area contributed by atoms with E-state index in [4.69, 9.17) is 16.3 Å². The summed E-state index contributed by atoms with van der Waals surface area (Å²) in [6.07, 6.45) is 4.09. The number of amides is 1. The molecule has 0 radical (unpaired) electrons. The number of hydrogen-bond acceptors (Lipinski definition) is 5. The molecule has 114 valence electrons. The van der Waals surface area contributed by atoms with E-state index in [9.17, 15) is 9.59 Å². The van der Waals surface area contributed by atoms with E-state index < -0.39 is 11.9 Å². The molecular weight excluding hydrogens is 306 g/mol. The summed E-state index contributed by atoms with van der Waals surface area (Å²) in [6, 6.07) is 6.90. The molecule has 1 heterocycles. The minimum atomic E-state index is -0.692. The maximum atomic E-state index is 11.8. The maximum absolute atomic E-state index is 11.8. The number of halogens is 1. The smallest absolute Gasteiger partial charge is 0.359 e. The van der Waals surface area contributed by atoms with E-state index >= 15 is 0 Å². The highest BCUT2D eigenvalue weighted by Crippen LogP contribution is 2.15. The highest BCUT2D eigenvalue weighted by Gasteiger charge is 2.13. The van der Waals surface area contributed by atoms with E-state index in [1.165, 1.54) is 18.6 Å². The highest BCUT2D eigenvalue weighted by atomic mass is 35.5. The lowest BCUT2D eigenvalue weighted by Crippen LogP contribution is -2.31. The van der Waals surface area contributed by atoms with Crippen molar-refractivity contribution in [2.45, 2.75) is 13.0 Å². The summed E-state index contributed by atoms with van der Waals surface area (Å²) >= 11 is 5.81. The van der Waals surface area contributed by atoms with E-state index in [1.54, 1.807) is 12.1 Å². The third-order valence-corrected chi connectivity index (χ3v) is 3.11. The molecule has 1 aromatic carbocycles. The number of carbonyl (C=O) groups excluding carboxylic acids is 2. The second-order valence-electron chi connectivity index (χ2n) is 4.51. The maximum Gasteiger partial charge on any atom is 0.359 e. The van der Waals surface area contributed by atoms with Crippen LogP contribution in [0.5, 0.6) is 0 Å². The quantitative estimate of drug-likeness (QED) is 0.854. The molecule has 0 fully saturated rings. The van der Waals surface area contributed by atoms with Crippen molar-refractivity contribution in [1.29, 1.82) is 0 Å². The molecule has 1 aromatic heterocycles. The van der Waals surface area contributed by atoms with Crippen LogP contribution in [0.2, 0.25) is 5.02 Å². The van der Waals surface area contributed by atoms with E-state index in [0.29, 0.717) is 5.02 Å². The fourth-order valence-corrected chi connectivity index (χ4v) is 1.85. The Hall–Kier alpha value is -2.47. The molecule has 0 aliphatic heterocycles. The van der Waals surface area contributed by atoms with Gasteiger partial charge in [0.25, 0.3) is 5.91 Å². The largest absolute Gasteiger partial charge is 0.451 e. The first-order valence-corrected chi connectivity index (χ1v) is 6.92. The zero-order valence-corrected chi connectivity index (χ0v) is 12.6. The third kappa shape index (κ3) is 4.53. The van der Waals surface area contributed by atoms with Gasteiger partial charge >= 0.3 is 5.97 Å². The molecule has 0 saturated carbocycles. The van der Waals surface area contributed by atoms with Crippen LogP contribution in [0.3, 0.4) is 0 Å². The Balaban J connectivity index is 1.83. The van der Waals surface area contributed by atoms with Crippen molar-refractivity contribution in [1.82, 2.24) is 15.3 Å². The highest BCUT2D eigenvalue weighted by molar-refractivity contribution is 6.30. The lowest BCUT2D eigenvalue weighted by Gasteiger charge is -2.14. The number of ether oxygens (including phenoxy) is 1. The van der Waals surface area contributed by atoms with Crippen LogP contribution in [-0.2, 0) is 9.53 Å². The van der Waals surface area contributed by atoms with Crippen LogP contribution >= 0.6 is 11.6 Å². The van der Waals surface area contributed by atoms with Crippen molar-refractivity contribution in [2.75, 3.05) is 6.61 Å². The molecular formula is C15H14ClN3O3. The summed E-state index contributed by atoms with van der Waals surface area (Å²) < 4.78 is 4.87. The van der Waals surface area contributed by atoms with Crippen LogP contribution < -0.4 is 5.32 Å². The summed E-state index contributed by atoms with van der Waals surface area (Å²) in [5.74, 6) is -1.10. The minimum Gasteiger partial charge on any atom is -0.451 e. The van der Waals surface area contributed by atoms with Gasteiger partial charge in [-0.1, -0.05) is 23.7 Å². The predicted octanol–water partition coefficient (Wildman–Crippen LogP) is 2.16. The lowest BCUT2D eigenvalue weighted by atomic mass is 10.1. The fourth-order valence-electron chi connectivity index (χ4n) is 1.73. The van der Waals surface area contributed by atoms with Gasteiger partial charge in [0.05, 0.1) is 12.2 Å². The Kier molecular flexibility index (Phi) is 5.43. The Morgan fingerprint density at radius 1 is 1.27 bits per heavy atom. The number of rotatable bonds is 5. The molecule has 22 heavy (non-hydrogen) atoms. The molecule has 1 atom stereocenters. The Morgan fingerprint density at radius 3 is 2.64 bits per heavy atom. The third-order valence-electron chi connectivity index (χ3n) is 2.85. The average Bonchev–Trinajstić information content (AvgIpc) is 2.54. The van der Waals surface area contributed by atoms with Crippen molar-refractivity contribution < 1.29 is 14.3 Å². The van der Waals surface area contributed by atoms with Gasteiger partial charge in [0.1, 0.15) is 0 Å². The van der Waals surface area contributed by atoms with Gasteiger partial charge < -0.3 is 10.1 Å². The van der Waals surface area contributed by atoms with Crippen molar-refractivity contribution in [3.63, 3.8) is 0 Å². The Bertz CT molecular complexity index is 647. The van der Waals surface area contributed by atoms with Gasteiger partial charge in [-0.3, -0.25) is 9.78 Å². The van der Waals surface area contributed by atoms with Crippen molar-refractivity contribution in [3.8, 4) is 0 Å². The van der Waals surface area contributed by atoms with Crippen molar-refractivity contribution in [2.24, 2.45) is 0 Å². The molecule has 0 aliphatic rings.